The molecule has 6 heteroatoms. The molecule has 0 saturated heterocycles. The minimum Gasteiger partial charge on any atom is -0.493 e. The van der Waals surface area contributed by atoms with Crippen molar-refractivity contribution in [3.05, 3.63) is 45.5 Å². The maximum absolute atomic E-state index is 12.0. The molecule has 1 heterocycles. The molecule has 0 amide bonds. The Morgan fingerprint density at radius 2 is 2.05 bits per heavy atom. The smallest absolute Gasteiger partial charge is 0.262 e. The standard InChI is InChI=1S/C13H13ClN2O3/c1-2-19-7-10-15-12(17)11(13(18)16-10)8-3-5-9(14)6-4-8/h3-6H,2,7H2,1H3,(H2,15,16,17,18). The van der Waals surface area contributed by atoms with Crippen molar-refractivity contribution in [2.45, 2.75) is 13.5 Å². The lowest BCUT2D eigenvalue weighted by atomic mass is 10.1. The Morgan fingerprint density at radius 1 is 1.37 bits per heavy atom. The Labute approximate surface area is 114 Å². The van der Waals surface area contributed by atoms with Crippen LogP contribution in [-0.2, 0) is 11.3 Å². The van der Waals surface area contributed by atoms with Gasteiger partial charge in [0.15, 0.2) is 0 Å². The summed E-state index contributed by atoms with van der Waals surface area (Å²) >= 11 is 5.78. The molecule has 2 N–H and O–H groups in total. The Morgan fingerprint density at radius 3 is 2.63 bits per heavy atom. The van der Waals surface area contributed by atoms with Crippen LogP contribution in [-0.4, -0.2) is 21.7 Å². The molecule has 0 radical (unpaired) electrons. The lowest BCUT2D eigenvalue weighted by molar-refractivity contribution is 0.127. The first kappa shape index (κ1) is 13.6. The zero-order chi connectivity index (χ0) is 13.8. The molecular weight excluding hydrogens is 268 g/mol. The van der Waals surface area contributed by atoms with E-state index in [1.165, 1.54) is 0 Å². The zero-order valence-electron chi connectivity index (χ0n) is 10.3. The molecule has 0 aliphatic rings. The molecular formula is C13H13ClN2O3. The van der Waals surface area contributed by atoms with Gasteiger partial charge in [0.05, 0.1) is 0 Å². The number of hydrogen-bond acceptors (Lipinski definition) is 4. The van der Waals surface area contributed by atoms with E-state index in [0.29, 0.717) is 23.0 Å². The third-order valence-corrected chi connectivity index (χ3v) is 2.78. The summed E-state index contributed by atoms with van der Waals surface area (Å²) in [6, 6.07) is 6.58. The van der Waals surface area contributed by atoms with Gasteiger partial charge in [-0.1, -0.05) is 23.7 Å². The van der Waals surface area contributed by atoms with Gasteiger partial charge in [-0.05, 0) is 24.6 Å². The molecule has 1 aromatic carbocycles. The highest BCUT2D eigenvalue weighted by atomic mass is 35.5. The molecule has 5 nitrogen and oxygen atoms in total. The summed E-state index contributed by atoms with van der Waals surface area (Å²) in [4.78, 5) is 18.5. The van der Waals surface area contributed by atoms with Gasteiger partial charge < -0.3 is 14.8 Å². The van der Waals surface area contributed by atoms with Gasteiger partial charge in [0.2, 0.25) is 5.88 Å². The number of nitrogens with one attached hydrogen (secondary N) is 1. The van der Waals surface area contributed by atoms with E-state index < -0.39 is 5.56 Å². The van der Waals surface area contributed by atoms with Gasteiger partial charge in [-0.3, -0.25) is 4.79 Å². The quantitative estimate of drug-likeness (QED) is 0.901. The number of ether oxygens (including phenoxy) is 1. The third kappa shape index (κ3) is 3.13. The van der Waals surface area contributed by atoms with E-state index in [1.807, 2.05) is 6.92 Å². The number of halogens is 1. The normalized spacial score (nSPS) is 10.6. The fourth-order valence-corrected chi connectivity index (χ4v) is 1.78. The first-order valence-electron chi connectivity index (χ1n) is 5.77. The van der Waals surface area contributed by atoms with Gasteiger partial charge in [-0.25, -0.2) is 0 Å². The molecule has 0 atom stereocenters. The number of hydrogen-bond donors (Lipinski definition) is 2. The van der Waals surface area contributed by atoms with Gasteiger partial charge in [-0.2, -0.15) is 4.98 Å². The van der Waals surface area contributed by atoms with Gasteiger partial charge in [-0.15, -0.1) is 0 Å². The summed E-state index contributed by atoms with van der Waals surface area (Å²) in [5, 5.41) is 10.4. The summed E-state index contributed by atoms with van der Waals surface area (Å²) in [6.45, 7) is 2.49. The van der Waals surface area contributed by atoms with Crippen molar-refractivity contribution in [3.8, 4) is 17.0 Å². The predicted molar refractivity (Wildman–Crippen MR) is 72.3 cm³/mol. The summed E-state index contributed by atoms with van der Waals surface area (Å²) in [5.41, 5.74) is 0.264. The topological polar surface area (TPSA) is 75.2 Å². The van der Waals surface area contributed by atoms with Crippen molar-refractivity contribution in [1.29, 1.82) is 0 Å². The van der Waals surface area contributed by atoms with Crippen LogP contribution in [0.25, 0.3) is 11.1 Å². The zero-order valence-corrected chi connectivity index (χ0v) is 11.1. The van der Waals surface area contributed by atoms with E-state index >= 15 is 0 Å². The van der Waals surface area contributed by atoms with E-state index in [9.17, 15) is 9.90 Å². The van der Waals surface area contributed by atoms with E-state index in [2.05, 4.69) is 9.97 Å². The van der Waals surface area contributed by atoms with Crippen LogP contribution in [0, 0.1) is 0 Å². The molecule has 2 rings (SSSR count). The molecule has 0 aliphatic carbocycles. The van der Waals surface area contributed by atoms with Crippen LogP contribution in [0.5, 0.6) is 5.88 Å². The molecule has 2 aromatic rings. The van der Waals surface area contributed by atoms with Crippen molar-refractivity contribution in [3.63, 3.8) is 0 Å². The van der Waals surface area contributed by atoms with Crippen LogP contribution in [0.15, 0.2) is 29.1 Å². The van der Waals surface area contributed by atoms with E-state index in [1.54, 1.807) is 24.3 Å². The predicted octanol–water partition coefficient (Wildman–Crippen LogP) is 2.33. The second kappa shape index (κ2) is 5.86. The number of nitrogens with zero attached hydrogens (tertiary/aromatic N) is 1. The number of benzene rings is 1. The van der Waals surface area contributed by atoms with Crippen molar-refractivity contribution in [1.82, 2.24) is 9.97 Å². The number of rotatable bonds is 4. The highest BCUT2D eigenvalue weighted by Crippen LogP contribution is 2.24. The highest BCUT2D eigenvalue weighted by Gasteiger charge is 2.12. The van der Waals surface area contributed by atoms with Crippen LogP contribution < -0.4 is 5.56 Å². The van der Waals surface area contributed by atoms with Gasteiger partial charge in [0.25, 0.3) is 5.56 Å². The van der Waals surface area contributed by atoms with Crippen LogP contribution >= 0.6 is 11.6 Å². The van der Waals surface area contributed by atoms with Crippen molar-refractivity contribution in [2.24, 2.45) is 0 Å². The van der Waals surface area contributed by atoms with E-state index in [-0.39, 0.29) is 18.1 Å². The fourth-order valence-electron chi connectivity index (χ4n) is 1.65. The van der Waals surface area contributed by atoms with Crippen LogP contribution in [0.2, 0.25) is 5.02 Å². The molecule has 0 saturated carbocycles. The summed E-state index contributed by atoms with van der Waals surface area (Å²) in [7, 11) is 0. The molecule has 1 aromatic heterocycles. The minimum absolute atomic E-state index is 0.122. The Balaban J connectivity index is 2.42. The highest BCUT2D eigenvalue weighted by molar-refractivity contribution is 6.30. The number of aromatic hydroxyl groups is 1. The van der Waals surface area contributed by atoms with Gasteiger partial charge in [0, 0.05) is 11.6 Å². The number of aromatic nitrogens is 2. The lowest BCUT2D eigenvalue weighted by Crippen LogP contribution is -2.14. The van der Waals surface area contributed by atoms with Crippen LogP contribution in [0.1, 0.15) is 12.7 Å². The third-order valence-electron chi connectivity index (χ3n) is 2.53. The SMILES string of the molecule is CCOCc1nc(O)c(-c2ccc(Cl)cc2)c(=O)[nH]1. The Bertz CT molecular complexity index is 623. The maximum atomic E-state index is 12.0. The fraction of sp³-hybridized carbons (Fsp3) is 0.231. The molecule has 0 fully saturated rings. The van der Waals surface area contributed by atoms with Crippen LogP contribution in [0.4, 0.5) is 0 Å². The maximum Gasteiger partial charge on any atom is 0.262 e. The second-order valence-electron chi connectivity index (χ2n) is 3.86. The van der Waals surface area contributed by atoms with Crippen molar-refractivity contribution in [2.75, 3.05) is 6.61 Å². The largest absolute Gasteiger partial charge is 0.493 e. The lowest BCUT2D eigenvalue weighted by Gasteiger charge is -2.06. The molecule has 0 spiro atoms. The van der Waals surface area contributed by atoms with E-state index in [4.69, 9.17) is 16.3 Å². The van der Waals surface area contributed by atoms with Crippen molar-refractivity contribution < 1.29 is 9.84 Å². The second-order valence-corrected chi connectivity index (χ2v) is 4.29. The molecule has 0 aliphatic heterocycles. The van der Waals surface area contributed by atoms with E-state index in [0.717, 1.165) is 0 Å². The van der Waals surface area contributed by atoms with Gasteiger partial charge in [0.1, 0.15) is 18.0 Å². The number of H-pyrrole nitrogens is 1. The first-order valence-corrected chi connectivity index (χ1v) is 6.15. The Kier molecular flexibility index (Phi) is 4.19. The molecule has 19 heavy (non-hydrogen) atoms. The monoisotopic (exact) mass is 280 g/mol. The summed E-state index contributed by atoms with van der Waals surface area (Å²) < 4.78 is 5.13. The Hall–Kier alpha value is -1.85. The first-order chi connectivity index (χ1) is 9.11. The summed E-state index contributed by atoms with van der Waals surface area (Å²) in [5.74, 6) is -0.0251. The molecule has 0 unspecified atom stereocenters. The molecule has 100 valence electrons. The van der Waals surface area contributed by atoms with Crippen LogP contribution in [0.3, 0.4) is 0 Å². The number of aromatic amines is 1. The average molecular weight is 281 g/mol. The average Bonchev–Trinajstić information content (AvgIpc) is 2.38. The molecule has 0 bridgehead atoms. The summed E-state index contributed by atoms with van der Waals surface area (Å²) in [6.07, 6.45) is 0. The van der Waals surface area contributed by atoms with Crippen molar-refractivity contribution >= 4 is 11.6 Å². The minimum atomic E-state index is -0.412. The van der Waals surface area contributed by atoms with Gasteiger partial charge >= 0.3 is 0 Å².